The Morgan fingerprint density at radius 3 is 2.06 bits per heavy atom. The predicted molar refractivity (Wildman–Crippen MR) is 124 cm³/mol. The summed E-state index contributed by atoms with van der Waals surface area (Å²) in [5, 5.41) is 9.42. The molecule has 0 spiro atoms. The van der Waals surface area contributed by atoms with Gasteiger partial charge in [0.25, 0.3) is 0 Å². The van der Waals surface area contributed by atoms with E-state index in [-0.39, 0.29) is 18.5 Å². The van der Waals surface area contributed by atoms with E-state index in [1.54, 1.807) is 0 Å². The van der Waals surface area contributed by atoms with Crippen LogP contribution in [0.1, 0.15) is 28.2 Å². The second-order valence-electron chi connectivity index (χ2n) is 7.64. The molecule has 5 heteroatoms. The maximum atomic E-state index is 11.5. The number of carboxylic acids is 1. The standard InChI is InChI=1S/C26H28ClNO3/c1-28(17-25(29)30)24(19-31-18-21-10-8-9-20(15-21)16-27)26(22-11-4-2-5-12-22)23-13-6-3-7-14-23/h2-15,24,26H,16-19H2,1H3,(H,29,30)/t24-/m1/s1. The Kier molecular flexibility index (Phi) is 8.65. The molecule has 4 nitrogen and oxygen atoms in total. The third-order valence-corrected chi connectivity index (χ3v) is 5.66. The number of carbonyl (C=O) groups is 1. The van der Waals surface area contributed by atoms with Gasteiger partial charge in [-0.15, -0.1) is 11.6 Å². The van der Waals surface area contributed by atoms with Crippen molar-refractivity contribution in [1.82, 2.24) is 4.90 Å². The summed E-state index contributed by atoms with van der Waals surface area (Å²) in [4.78, 5) is 13.3. The highest BCUT2D eigenvalue weighted by atomic mass is 35.5. The second-order valence-corrected chi connectivity index (χ2v) is 7.91. The lowest BCUT2D eigenvalue weighted by molar-refractivity contribution is -0.138. The van der Waals surface area contributed by atoms with Crippen LogP contribution in [0.5, 0.6) is 0 Å². The number of carboxylic acid groups (broad SMARTS) is 1. The molecule has 0 radical (unpaired) electrons. The van der Waals surface area contributed by atoms with Crippen LogP contribution in [0.4, 0.5) is 0 Å². The van der Waals surface area contributed by atoms with Gasteiger partial charge in [0.05, 0.1) is 19.8 Å². The molecule has 0 aliphatic heterocycles. The SMILES string of the molecule is CN(CC(=O)O)[C@H](COCc1cccc(CCl)c1)C(c1ccccc1)c1ccccc1. The average Bonchev–Trinajstić information content (AvgIpc) is 2.79. The number of aliphatic carboxylic acids is 1. The molecule has 0 heterocycles. The minimum atomic E-state index is -0.859. The molecule has 0 fully saturated rings. The quantitative estimate of drug-likeness (QED) is 0.421. The summed E-state index contributed by atoms with van der Waals surface area (Å²) in [7, 11) is 1.84. The molecule has 0 saturated carbocycles. The van der Waals surface area contributed by atoms with Crippen molar-refractivity contribution in [1.29, 1.82) is 0 Å². The van der Waals surface area contributed by atoms with Crippen LogP contribution >= 0.6 is 11.6 Å². The minimum absolute atomic E-state index is 0.0269. The highest BCUT2D eigenvalue weighted by Gasteiger charge is 2.29. The monoisotopic (exact) mass is 437 g/mol. The van der Waals surface area contributed by atoms with Crippen LogP contribution in [0, 0.1) is 0 Å². The Hall–Kier alpha value is -2.66. The zero-order valence-electron chi connectivity index (χ0n) is 17.7. The number of rotatable bonds is 11. The smallest absolute Gasteiger partial charge is 0.317 e. The summed E-state index contributed by atoms with van der Waals surface area (Å²) in [5.41, 5.74) is 4.36. The Bertz CT molecular complexity index is 910. The number of benzene rings is 3. The van der Waals surface area contributed by atoms with Gasteiger partial charge in [0.1, 0.15) is 0 Å². The number of halogens is 1. The number of ether oxygens (including phenoxy) is 1. The van der Waals surface area contributed by atoms with E-state index >= 15 is 0 Å². The van der Waals surface area contributed by atoms with Gasteiger partial charge in [-0.2, -0.15) is 0 Å². The lowest BCUT2D eigenvalue weighted by Gasteiger charge is -2.34. The Labute approximate surface area is 189 Å². The van der Waals surface area contributed by atoms with E-state index in [2.05, 4.69) is 24.3 Å². The second kappa shape index (κ2) is 11.7. The van der Waals surface area contributed by atoms with Gasteiger partial charge >= 0.3 is 5.97 Å². The van der Waals surface area contributed by atoms with Gasteiger partial charge in [-0.3, -0.25) is 9.69 Å². The van der Waals surface area contributed by atoms with E-state index in [1.807, 2.05) is 72.6 Å². The lowest BCUT2D eigenvalue weighted by Crippen LogP contribution is -2.43. The summed E-state index contributed by atoms with van der Waals surface area (Å²) < 4.78 is 6.13. The van der Waals surface area contributed by atoms with Gasteiger partial charge in [0, 0.05) is 17.8 Å². The maximum absolute atomic E-state index is 11.5. The van der Waals surface area contributed by atoms with Gasteiger partial charge < -0.3 is 9.84 Å². The normalized spacial score (nSPS) is 12.3. The van der Waals surface area contributed by atoms with Crippen molar-refractivity contribution in [2.24, 2.45) is 0 Å². The summed E-state index contributed by atoms with van der Waals surface area (Å²) >= 11 is 5.95. The van der Waals surface area contributed by atoms with E-state index in [0.717, 1.165) is 22.3 Å². The van der Waals surface area contributed by atoms with Crippen LogP contribution in [0.3, 0.4) is 0 Å². The van der Waals surface area contributed by atoms with Crippen LogP contribution in [-0.4, -0.2) is 42.2 Å². The highest BCUT2D eigenvalue weighted by molar-refractivity contribution is 6.17. The molecule has 162 valence electrons. The molecule has 0 unspecified atom stereocenters. The first-order valence-electron chi connectivity index (χ1n) is 10.3. The fraction of sp³-hybridized carbons (Fsp3) is 0.269. The van der Waals surface area contributed by atoms with E-state index < -0.39 is 5.97 Å². The zero-order valence-corrected chi connectivity index (χ0v) is 18.4. The first-order valence-corrected chi connectivity index (χ1v) is 10.9. The van der Waals surface area contributed by atoms with Crippen LogP contribution in [0.2, 0.25) is 0 Å². The molecule has 31 heavy (non-hydrogen) atoms. The Balaban J connectivity index is 1.86. The van der Waals surface area contributed by atoms with Crippen molar-refractivity contribution < 1.29 is 14.6 Å². The molecule has 1 atom stereocenters. The van der Waals surface area contributed by atoms with E-state index in [1.165, 1.54) is 0 Å². The zero-order chi connectivity index (χ0) is 22.1. The molecule has 3 aromatic rings. The van der Waals surface area contributed by atoms with Crippen molar-refractivity contribution in [3.05, 3.63) is 107 Å². The van der Waals surface area contributed by atoms with Crippen molar-refractivity contribution in [2.45, 2.75) is 24.4 Å². The molecular formula is C26H28ClNO3. The van der Waals surface area contributed by atoms with Crippen LogP contribution in [-0.2, 0) is 22.0 Å². The van der Waals surface area contributed by atoms with E-state index in [4.69, 9.17) is 16.3 Å². The van der Waals surface area contributed by atoms with E-state index in [0.29, 0.717) is 19.1 Å². The third kappa shape index (κ3) is 6.66. The number of hydrogen-bond donors (Lipinski definition) is 1. The molecule has 3 rings (SSSR count). The molecule has 0 aliphatic rings. The molecule has 1 N–H and O–H groups in total. The largest absolute Gasteiger partial charge is 0.480 e. The van der Waals surface area contributed by atoms with Crippen LogP contribution < -0.4 is 0 Å². The van der Waals surface area contributed by atoms with Gasteiger partial charge in [0.2, 0.25) is 0 Å². The van der Waals surface area contributed by atoms with Gasteiger partial charge in [-0.1, -0.05) is 84.9 Å². The average molecular weight is 438 g/mol. The van der Waals surface area contributed by atoms with Crippen molar-refractivity contribution in [3.8, 4) is 0 Å². The summed E-state index contributed by atoms with van der Waals surface area (Å²) in [6, 6.07) is 28.2. The fourth-order valence-corrected chi connectivity index (χ4v) is 4.03. The minimum Gasteiger partial charge on any atom is -0.480 e. The Morgan fingerprint density at radius 2 is 1.52 bits per heavy atom. The molecule has 0 aliphatic carbocycles. The number of alkyl halides is 1. The van der Waals surface area contributed by atoms with E-state index in [9.17, 15) is 9.90 Å². The lowest BCUT2D eigenvalue weighted by atomic mass is 9.84. The van der Waals surface area contributed by atoms with Gasteiger partial charge in [-0.05, 0) is 29.3 Å². The molecular weight excluding hydrogens is 410 g/mol. The first kappa shape index (κ1) is 23.0. The first-order chi connectivity index (χ1) is 15.1. The molecule has 0 bridgehead atoms. The van der Waals surface area contributed by atoms with Crippen molar-refractivity contribution in [3.63, 3.8) is 0 Å². The summed E-state index contributed by atoms with van der Waals surface area (Å²) in [5.74, 6) is -0.426. The molecule has 0 saturated heterocycles. The predicted octanol–water partition coefficient (Wildman–Crippen LogP) is 5.16. The van der Waals surface area contributed by atoms with Crippen molar-refractivity contribution >= 4 is 17.6 Å². The van der Waals surface area contributed by atoms with Crippen molar-refractivity contribution in [2.75, 3.05) is 20.2 Å². The molecule has 0 amide bonds. The Morgan fingerprint density at radius 1 is 0.935 bits per heavy atom. The fourth-order valence-electron chi connectivity index (χ4n) is 3.87. The third-order valence-electron chi connectivity index (χ3n) is 5.36. The number of hydrogen-bond acceptors (Lipinski definition) is 3. The molecule has 3 aromatic carbocycles. The topological polar surface area (TPSA) is 49.8 Å². The highest BCUT2D eigenvalue weighted by Crippen LogP contribution is 2.31. The molecule has 0 aromatic heterocycles. The summed E-state index contributed by atoms with van der Waals surface area (Å²) in [6.07, 6.45) is 0. The van der Waals surface area contributed by atoms with Crippen LogP contribution in [0.15, 0.2) is 84.9 Å². The number of nitrogens with zero attached hydrogens (tertiary/aromatic N) is 1. The summed E-state index contributed by atoms with van der Waals surface area (Å²) in [6.45, 7) is 0.772. The maximum Gasteiger partial charge on any atom is 0.317 e. The van der Waals surface area contributed by atoms with Gasteiger partial charge in [0.15, 0.2) is 0 Å². The van der Waals surface area contributed by atoms with Crippen LogP contribution in [0.25, 0.3) is 0 Å². The number of likely N-dealkylation sites (N-methyl/N-ethyl adjacent to an activating group) is 1. The van der Waals surface area contributed by atoms with Gasteiger partial charge in [-0.25, -0.2) is 0 Å².